The van der Waals surface area contributed by atoms with E-state index in [1.54, 1.807) is 37.4 Å². The lowest BCUT2D eigenvalue weighted by molar-refractivity contribution is -0.00455. The first kappa shape index (κ1) is 21.8. The van der Waals surface area contributed by atoms with Crippen molar-refractivity contribution in [1.29, 1.82) is 0 Å². The van der Waals surface area contributed by atoms with Crippen molar-refractivity contribution in [2.24, 2.45) is 5.10 Å². The minimum atomic E-state index is -0.887. The number of Topliss-reactive ketones (excluding diaryl/α,β-unsaturated/α-hetero) is 1. The average Bonchev–Trinajstić information content (AvgIpc) is 3.29. The quantitative estimate of drug-likeness (QED) is 0.388. The first-order chi connectivity index (χ1) is 16.0. The van der Waals surface area contributed by atoms with Crippen LogP contribution in [0, 0.1) is 0 Å². The van der Waals surface area contributed by atoms with Crippen molar-refractivity contribution in [2.75, 3.05) is 14.2 Å². The van der Waals surface area contributed by atoms with Crippen LogP contribution in [0.1, 0.15) is 33.9 Å². The predicted octanol–water partition coefficient (Wildman–Crippen LogP) is 5.87. The molecule has 0 N–H and O–H groups in total. The lowest BCUT2D eigenvalue weighted by Gasteiger charge is -2.37. The summed E-state index contributed by atoms with van der Waals surface area (Å²) in [7, 11) is 3.20. The summed E-state index contributed by atoms with van der Waals surface area (Å²) >= 11 is 9.70. The second-order valence-corrected chi connectivity index (χ2v) is 9.09. The first-order valence-corrected chi connectivity index (χ1v) is 11.5. The van der Waals surface area contributed by atoms with E-state index in [1.165, 1.54) is 0 Å². The van der Waals surface area contributed by atoms with Gasteiger partial charge in [0.15, 0.2) is 11.5 Å². The molecule has 3 aromatic carbocycles. The van der Waals surface area contributed by atoms with E-state index < -0.39 is 6.23 Å². The van der Waals surface area contributed by atoms with Gasteiger partial charge in [0.05, 0.1) is 26.0 Å². The van der Waals surface area contributed by atoms with Gasteiger partial charge in [-0.1, -0.05) is 39.7 Å². The van der Waals surface area contributed by atoms with Crippen LogP contribution in [0.25, 0.3) is 0 Å². The lowest BCUT2D eigenvalue weighted by atomic mass is 9.95. The van der Waals surface area contributed by atoms with E-state index in [9.17, 15) is 4.79 Å². The molecule has 0 radical (unpaired) electrons. The minimum absolute atomic E-state index is 0.162. The summed E-state index contributed by atoms with van der Waals surface area (Å²) in [6.07, 6.45) is -0.293. The zero-order valence-corrected chi connectivity index (χ0v) is 20.3. The number of ketones is 1. The Balaban J connectivity index is 1.56. The van der Waals surface area contributed by atoms with Crippen molar-refractivity contribution in [2.45, 2.75) is 18.7 Å². The molecule has 2 aliphatic rings. The Morgan fingerprint density at radius 3 is 2.55 bits per heavy atom. The third-order valence-electron chi connectivity index (χ3n) is 5.82. The second-order valence-electron chi connectivity index (χ2n) is 7.74. The summed E-state index contributed by atoms with van der Waals surface area (Å²) < 4.78 is 17.9. The number of halogens is 2. The van der Waals surface area contributed by atoms with E-state index in [-0.39, 0.29) is 11.8 Å². The average molecular weight is 528 g/mol. The van der Waals surface area contributed by atoms with Gasteiger partial charge in [-0.25, -0.2) is 5.01 Å². The van der Waals surface area contributed by atoms with Crippen molar-refractivity contribution in [3.8, 4) is 17.2 Å². The Labute approximate surface area is 204 Å². The van der Waals surface area contributed by atoms with Gasteiger partial charge in [-0.3, -0.25) is 4.79 Å². The van der Waals surface area contributed by atoms with Crippen molar-refractivity contribution >= 4 is 39.0 Å². The van der Waals surface area contributed by atoms with Crippen LogP contribution < -0.4 is 14.2 Å². The van der Waals surface area contributed by atoms with Gasteiger partial charge in [0.25, 0.3) is 6.23 Å². The molecular formula is C25H20BrClN2O4. The number of benzene rings is 3. The van der Waals surface area contributed by atoms with Crippen molar-refractivity contribution in [3.63, 3.8) is 0 Å². The van der Waals surface area contributed by atoms with Crippen LogP contribution in [0.15, 0.2) is 70.2 Å². The Kier molecular flexibility index (Phi) is 5.76. The number of hydrogen-bond acceptors (Lipinski definition) is 6. The molecule has 8 heteroatoms. The van der Waals surface area contributed by atoms with Crippen LogP contribution in [-0.4, -0.2) is 37.0 Å². The summed E-state index contributed by atoms with van der Waals surface area (Å²) in [5.41, 5.74) is 3.17. The molecule has 6 nitrogen and oxygen atoms in total. The van der Waals surface area contributed by atoms with Gasteiger partial charge in [0.2, 0.25) is 5.78 Å². The van der Waals surface area contributed by atoms with Gasteiger partial charge >= 0.3 is 0 Å². The number of fused-ring (bicyclic) bond motifs is 3. The molecule has 0 fully saturated rings. The number of hydrogen-bond donors (Lipinski definition) is 0. The second kappa shape index (κ2) is 8.72. The number of rotatable bonds is 5. The molecule has 2 atom stereocenters. The number of carbonyl (C=O) groups is 1. The van der Waals surface area contributed by atoms with E-state index in [0.29, 0.717) is 34.3 Å². The third kappa shape index (κ3) is 3.96. The Bertz CT molecular complexity index is 1260. The van der Waals surface area contributed by atoms with Crippen molar-refractivity contribution in [1.82, 2.24) is 5.01 Å². The molecule has 168 valence electrons. The smallest absolute Gasteiger partial charge is 0.251 e. The fourth-order valence-corrected chi connectivity index (χ4v) is 4.62. The molecule has 2 aliphatic heterocycles. The van der Waals surface area contributed by atoms with Crippen LogP contribution in [0.3, 0.4) is 0 Å². The molecule has 0 saturated carbocycles. The van der Waals surface area contributed by atoms with Gasteiger partial charge in [-0.15, -0.1) is 0 Å². The zero-order chi connectivity index (χ0) is 23.1. The molecule has 0 aliphatic carbocycles. The van der Waals surface area contributed by atoms with Gasteiger partial charge in [-0.05, 0) is 48.5 Å². The summed E-state index contributed by atoms with van der Waals surface area (Å²) in [6, 6.07) is 18.2. The van der Waals surface area contributed by atoms with Crippen LogP contribution in [0.5, 0.6) is 17.2 Å². The number of ether oxygens (including phenoxy) is 3. The lowest BCUT2D eigenvalue weighted by Crippen LogP contribution is -2.45. The van der Waals surface area contributed by atoms with Gasteiger partial charge in [0, 0.05) is 32.6 Å². The third-order valence-corrected chi connectivity index (χ3v) is 6.59. The summed E-state index contributed by atoms with van der Waals surface area (Å²) in [6.45, 7) is 0. The molecule has 33 heavy (non-hydrogen) atoms. The maximum Gasteiger partial charge on any atom is 0.251 e. The van der Waals surface area contributed by atoms with E-state index in [2.05, 4.69) is 15.9 Å². The minimum Gasteiger partial charge on any atom is -0.493 e. The van der Waals surface area contributed by atoms with Gasteiger partial charge in [-0.2, -0.15) is 5.10 Å². The predicted molar refractivity (Wildman–Crippen MR) is 130 cm³/mol. The highest BCUT2D eigenvalue weighted by atomic mass is 79.9. The Morgan fingerprint density at radius 1 is 1.06 bits per heavy atom. The van der Waals surface area contributed by atoms with E-state index in [1.807, 2.05) is 42.5 Å². The van der Waals surface area contributed by atoms with E-state index in [4.69, 9.17) is 30.9 Å². The molecule has 2 heterocycles. The van der Waals surface area contributed by atoms with Gasteiger partial charge in [0.1, 0.15) is 5.75 Å². The number of carbonyl (C=O) groups excluding carboxylic acids is 1. The van der Waals surface area contributed by atoms with Crippen molar-refractivity contribution in [3.05, 3.63) is 86.8 Å². The van der Waals surface area contributed by atoms with Crippen LogP contribution in [0.2, 0.25) is 5.02 Å². The van der Waals surface area contributed by atoms with Crippen LogP contribution in [-0.2, 0) is 0 Å². The molecule has 0 spiro atoms. The molecule has 0 amide bonds. The molecule has 0 aromatic heterocycles. The molecule has 3 aromatic rings. The summed E-state index contributed by atoms with van der Waals surface area (Å²) in [5, 5.41) is 7.19. The molecular weight excluding hydrogens is 508 g/mol. The van der Waals surface area contributed by atoms with Crippen LogP contribution >= 0.6 is 27.5 Å². The SMILES string of the molecule is COc1ccc(C2=NN3[C@H](C(=O)c4ccc(Br)cc4)Oc4ccc(Cl)cc4[C@@H]3C2)cc1OC. The van der Waals surface area contributed by atoms with Crippen LogP contribution in [0.4, 0.5) is 0 Å². The molecule has 0 unspecified atom stereocenters. The maximum atomic E-state index is 13.4. The molecule has 0 bridgehead atoms. The van der Waals surface area contributed by atoms with Gasteiger partial charge < -0.3 is 14.2 Å². The normalized spacial score (nSPS) is 18.7. The van der Waals surface area contributed by atoms with E-state index >= 15 is 0 Å². The molecule has 5 rings (SSSR count). The number of hydrazone groups is 1. The van der Waals surface area contributed by atoms with E-state index in [0.717, 1.165) is 21.3 Å². The zero-order valence-electron chi connectivity index (χ0n) is 17.9. The standard InChI is InChI=1S/C25H20BrClN2O4/c1-31-22-9-5-15(11-23(22)32-2)19-13-20-18-12-17(27)8-10-21(18)33-25(29(20)28-19)24(30)14-3-6-16(26)7-4-14/h3-12,20,25H,13H2,1-2H3/t20-,25-/m0/s1. The Morgan fingerprint density at radius 2 is 1.82 bits per heavy atom. The largest absolute Gasteiger partial charge is 0.493 e. The Hall–Kier alpha value is -3.03. The summed E-state index contributed by atoms with van der Waals surface area (Å²) in [4.78, 5) is 13.4. The summed E-state index contributed by atoms with van der Waals surface area (Å²) in [5.74, 6) is 1.73. The fourth-order valence-electron chi connectivity index (χ4n) is 4.18. The van der Waals surface area contributed by atoms with Crippen molar-refractivity contribution < 1.29 is 19.0 Å². The number of methoxy groups -OCH3 is 2. The fraction of sp³-hybridized carbons (Fsp3) is 0.200. The maximum absolute atomic E-state index is 13.4. The highest BCUT2D eigenvalue weighted by molar-refractivity contribution is 9.10. The highest BCUT2D eigenvalue weighted by Crippen LogP contribution is 2.45. The highest BCUT2D eigenvalue weighted by Gasteiger charge is 2.43. The topological polar surface area (TPSA) is 60.4 Å². The first-order valence-electron chi connectivity index (χ1n) is 10.3. The monoisotopic (exact) mass is 526 g/mol. The number of nitrogens with zero attached hydrogens (tertiary/aromatic N) is 2. The molecule has 0 saturated heterocycles.